The minimum absolute atomic E-state index is 0.708. The Morgan fingerprint density at radius 2 is 1.71 bits per heavy atom. The van der Waals surface area contributed by atoms with E-state index in [4.69, 9.17) is 11.6 Å². The van der Waals surface area contributed by atoms with Gasteiger partial charge in [0.15, 0.2) is 0 Å². The van der Waals surface area contributed by atoms with Gasteiger partial charge in [-0.05, 0) is 42.0 Å². The molecule has 0 aliphatic carbocycles. The molecule has 2 aromatic heterocycles. The van der Waals surface area contributed by atoms with Gasteiger partial charge < -0.3 is 5.32 Å². The van der Waals surface area contributed by atoms with E-state index in [0.29, 0.717) is 5.02 Å². The summed E-state index contributed by atoms with van der Waals surface area (Å²) in [5.74, 6) is 0.793. The number of benzene rings is 2. The van der Waals surface area contributed by atoms with E-state index in [2.05, 4.69) is 48.7 Å². The minimum Gasteiger partial charge on any atom is -0.340 e. The predicted octanol–water partition coefficient (Wildman–Crippen LogP) is 6.52. The molecule has 0 atom stereocenters. The molecule has 0 aliphatic rings. The van der Waals surface area contributed by atoms with Crippen LogP contribution in [0.1, 0.15) is 0 Å². The van der Waals surface area contributed by atoms with Crippen molar-refractivity contribution in [1.29, 1.82) is 0 Å². The lowest BCUT2D eigenvalue weighted by Crippen LogP contribution is -1.95. The molecule has 0 unspecified atom stereocenters. The fourth-order valence-corrected chi connectivity index (χ4v) is 3.79. The highest BCUT2D eigenvalue weighted by atomic mass is 79.9. The molecule has 0 saturated carbocycles. The average Bonchev–Trinajstić information content (AvgIpc) is 3.03. The maximum atomic E-state index is 5.95. The summed E-state index contributed by atoms with van der Waals surface area (Å²) in [7, 11) is 0. The molecule has 0 amide bonds. The molecule has 1 N–H and O–H groups in total. The van der Waals surface area contributed by atoms with Crippen molar-refractivity contribution in [2.45, 2.75) is 0 Å². The van der Waals surface area contributed by atoms with E-state index < -0.39 is 0 Å². The van der Waals surface area contributed by atoms with Gasteiger partial charge in [-0.2, -0.15) is 0 Å². The van der Waals surface area contributed by atoms with Gasteiger partial charge in [0.25, 0.3) is 0 Å². The van der Waals surface area contributed by atoms with Crippen LogP contribution < -0.4 is 5.32 Å². The van der Waals surface area contributed by atoms with E-state index in [1.165, 1.54) is 0 Å². The highest BCUT2D eigenvalue weighted by Gasteiger charge is 2.13. The normalized spacial score (nSPS) is 10.9. The van der Waals surface area contributed by atoms with Crippen molar-refractivity contribution < 1.29 is 0 Å². The zero-order chi connectivity index (χ0) is 16.5. The fraction of sp³-hybridized carbons (Fsp3) is 0. The third kappa shape index (κ3) is 3.02. The van der Waals surface area contributed by atoms with Crippen LogP contribution in [0.5, 0.6) is 0 Å². The predicted molar refractivity (Wildman–Crippen MR) is 105 cm³/mol. The van der Waals surface area contributed by atoms with Gasteiger partial charge in [-0.1, -0.05) is 39.7 Å². The molecule has 0 aliphatic heterocycles. The fourth-order valence-electron chi connectivity index (χ4n) is 2.48. The second-order valence-corrected chi connectivity index (χ2v) is 7.40. The van der Waals surface area contributed by atoms with E-state index in [0.717, 1.165) is 37.3 Å². The van der Waals surface area contributed by atoms with Crippen LogP contribution in [0.25, 0.3) is 21.3 Å². The molecule has 3 nitrogen and oxygen atoms in total. The first-order chi connectivity index (χ1) is 11.7. The Morgan fingerprint density at radius 3 is 2.46 bits per heavy atom. The Hall–Kier alpha value is -1.95. The highest BCUT2D eigenvalue weighted by Crippen LogP contribution is 2.37. The van der Waals surface area contributed by atoms with Crippen LogP contribution in [0.15, 0.2) is 64.7 Å². The number of hydrogen-bond donors (Lipinski definition) is 1. The van der Waals surface area contributed by atoms with Crippen LogP contribution in [0, 0.1) is 0 Å². The van der Waals surface area contributed by atoms with Crippen molar-refractivity contribution in [2.24, 2.45) is 0 Å². The van der Waals surface area contributed by atoms with Gasteiger partial charge in [0, 0.05) is 26.1 Å². The molecule has 2 heterocycles. The maximum absolute atomic E-state index is 5.95. The molecule has 118 valence electrons. The summed E-state index contributed by atoms with van der Waals surface area (Å²) in [5.41, 5.74) is 3.20. The minimum atomic E-state index is 0.708. The van der Waals surface area contributed by atoms with E-state index in [1.54, 1.807) is 17.7 Å². The van der Waals surface area contributed by atoms with E-state index in [9.17, 15) is 0 Å². The van der Waals surface area contributed by atoms with Crippen LogP contribution in [0.3, 0.4) is 0 Å². The van der Waals surface area contributed by atoms with Gasteiger partial charge in [0.1, 0.15) is 17.0 Å². The quantitative estimate of drug-likeness (QED) is 0.413. The molecule has 0 radical (unpaired) electrons. The molecule has 6 heteroatoms. The number of thiophene rings is 1. The Kier molecular flexibility index (Phi) is 4.22. The van der Waals surface area contributed by atoms with Crippen molar-refractivity contribution in [1.82, 2.24) is 9.97 Å². The molecular formula is C18H11BrClN3S. The zero-order valence-electron chi connectivity index (χ0n) is 12.3. The molecule has 0 saturated heterocycles. The van der Waals surface area contributed by atoms with Crippen molar-refractivity contribution in [3.05, 3.63) is 69.7 Å². The smallest absolute Gasteiger partial charge is 0.143 e. The van der Waals surface area contributed by atoms with Gasteiger partial charge >= 0.3 is 0 Å². The zero-order valence-corrected chi connectivity index (χ0v) is 15.5. The second kappa shape index (κ2) is 6.51. The highest BCUT2D eigenvalue weighted by molar-refractivity contribution is 9.10. The van der Waals surface area contributed by atoms with Crippen LogP contribution in [0.2, 0.25) is 5.02 Å². The lowest BCUT2D eigenvalue weighted by molar-refractivity contribution is 1.23. The van der Waals surface area contributed by atoms with Gasteiger partial charge in [-0.15, -0.1) is 11.3 Å². The summed E-state index contributed by atoms with van der Waals surface area (Å²) in [6, 6.07) is 15.8. The Morgan fingerprint density at radius 1 is 0.958 bits per heavy atom. The SMILES string of the molecule is Clc1ccc(Nc2ncnc3scc(-c4ccc(Br)cc4)c23)cc1. The van der Waals surface area contributed by atoms with Crippen molar-refractivity contribution in [3.63, 3.8) is 0 Å². The Bertz CT molecular complexity index is 997. The van der Waals surface area contributed by atoms with Crippen LogP contribution in [-0.2, 0) is 0 Å². The van der Waals surface area contributed by atoms with Gasteiger partial charge in [0.05, 0.1) is 5.39 Å². The monoisotopic (exact) mass is 415 g/mol. The van der Waals surface area contributed by atoms with Gasteiger partial charge in [-0.25, -0.2) is 9.97 Å². The maximum Gasteiger partial charge on any atom is 0.143 e. The third-order valence-corrected chi connectivity index (χ3v) is 5.30. The molecule has 0 spiro atoms. The lowest BCUT2D eigenvalue weighted by atomic mass is 10.1. The summed E-state index contributed by atoms with van der Waals surface area (Å²) in [6.07, 6.45) is 1.59. The number of aromatic nitrogens is 2. The number of halogens is 2. The molecule has 0 bridgehead atoms. The molecule has 2 aromatic carbocycles. The standard InChI is InChI=1S/C18H11BrClN3S/c19-12-3-1-11(2-4-12)15-9-24-18-16(15)17(21-10-22-18)23-14-7-5-13(20)6-8-14/h1-10H,(H,21,22,23). The number of anilines is 2. The first-order valence-electron chi connectivity index (χ1n) is 7.21. The Balaban J connectivity index is 1.82. The molecule has 24 heavy (non-hydrogen) atoms. The van der Waals surface area contributed by atoms with Crippen molar-refractivity contribution >= 4 is 60.6 Å². The summed E-state index contributed by atoms with van der Waals surface area (Å²) >= 11 is 11.0. The van der Waals surface area contributed by atoms with Gasteiger partial charge in [0.2, 0.25) is 0 Å². The van der Waals surface area contributed by atoms with Gasteiger partial charge in [-0.3, -0.25) is 0 Å². The number of nitrogens with one attached hydrogen (secondary N) is 1. The topological polar surface area (TPSA) is 37.8 Å². The number of hydrogen-bond acceptors (Lipinski definition) is 4. The van der Waals surface area contributed by atoms with Crippen LogP contribution in [0.4, 0.5) is 11.5 Å². The number of fused-ring (bicyclic) bond motifs is 1. The summed E-state index contributed by atoms with van der Waals surface area (Å²) in [6.45, 7) is 0. The lowest BCUT2D eigenvalue weighted by Gasteiger charge is -2.08. The molecule has 4 aromatic rings. The summed E-state index contributed by atoms with van der Waals surface area (Å²) in [5, 5.41) is 7.23. The second-order valence-electron chi connectivity index (χ2n) is 5.19. The first kappa shape index (κ1) is 15.6. The average molecular weight is 417 g/mol. The first-order valence-corrected chi connectivity index (χ1v) is 9.26. The van der Waals surface area contributed by atoms with Crippen molar-refractivity contribution in [2.75, 3.05) is 5.32 Å². The van der Waals surface area contributed by atoms with E-state index >= 15 is 0 Å². The van der Waals surface area contributed by atoms with Crippen molar-refractivity contribution in [3.8, 4) is 11.1 Å². The summed E-state index contributed by atoms with van der Waals surface area (Å²) in [4.78, 5) is 9.80. The van der Waals surface area contributed by atoms with Crippen LogP contribution >= 0.6 is 38.9 Å². The third-order valence-electron chi connectivity index (χ3n) is 3.63. The molecule has 4 rings (SSSR count). The Labute approximate surface area is 156 Å². The number of nitrogens with zero attached hydrogens (tertiary/aromatic N) is 2. The largest absolute Gasteiger partial charge is 0.340 e. The van der Waals surface area contributed by atoms with E-state index in [-0.39, 0.29) is 0 Å². The van der Waals surface area contributed by atoms with E-state index in [1.807, 2.05) is 36.4 Å². The summed E-state index contributed by atoms with van der Waals surface area (Å²) < 4.78 is 1.06. The number of rotatable bonds is 3. The molecular weight excluding hydrogens is 406 g/mol. The van der Waals surface area contributed by atoms with Crippen LogP contribution in [-0.4, -0.2) is 9.97 Å². The molecule has 0 fully saturated rings.